The van der Waals surface area contributed by atoms with Gasteiger partial charge >= 0.3 is 0 Å². The van der Waals surface area contributed by atoms with Crippen LogP contribution in [0.5, 0.6) is 0 Å². The predicted octanol–water partition coefficient (Wildman–Crippen LogP) is 26.9. The number of fused-ring (bicyclic) bond motifs is 8. The molecule has 0 N–H and O–H groups in total. The molecule has 0 saturated carbocycles. The maximum Gasteiger partial charge on any atom is 0.254 e. The number of nitrogens with zero attached hydrogens (tertiary/aromatic N) is 4. The van der Waals surface area contributed by atoms with E-state index in [1.165, 1.54) is 58.8 Å². The zero-order valence-electron chi connectivity index (χ0n) is 62.9. The topological polar surface area (TPSA) is 13.0 Å². The summed E-state index contributed by atoms with van der Waals surface area (Å²) < 4.78 is 2.49. The summed E-state index contributed by atoms with van der Waals surface area (Å²) in [6.07, 6.45) is 0. The highest BCUT2D eigenvalue weighted by Crippen LogP contribution is 2.56. The van der Waals surface area contributed by atoms with Gasteiger partial charge in [-0.05, 0) is 179 Å². The van der Waals surface area contributed by atoms with Gasteiger partial charge in [0, 0.05) is 88.0 Å². The number of anilines is 12. The van der Waals surface area contributed by atoms with Crippen molar-refractivity contribution in [2.24, 2.45) is 0 Å². The number of hydrogen-bond donors (Lipinski definition) is 0. The molecule has 518 valence electrons. The molecular formula is C100H89BN4S. The lowest BCUT2D eigenvalue weighted by molar-refractivity contribution is 0.590. The molecular weight excluding hydrogens is 1300 g/mol. The van der Waals surface area contributed by atoms with Crippen LogP contribution in [0.15, 0.2) is 322 Å². The Kier molecular flexibility index (Phi) is 16.8. The first-order chi connectivity index (χ1) is 51.1. The van der Waals surface area contributed by atoms with Crippen molar-refractivity contribution in [2.45, 2.75) is 105 Å². The van der Waals surface area contributed by atoms with Gasteiger partial charge in [0.1, 0.15) is 0 Å². The molecule has 0 aliphatic carbocycles. The fraction of sp³-hybridized carbons (Fsp3) is 0.160. The van der Waals surface area contributed by atoms with Gasteiger partial charge in [-0.1, -0.05) is 314 Å². The van der Waals surface area contributed by atoms with E-state index in [2.05, 4.69) is 424 Å². The average Bonchev–Trinajstić information content (AvgIpc) is 1.13. The van der Waals surface area contributed by atoms with Crippen LogP contribution in [-0.2, 0) is 21.7 Å². The van der Waals surface area contributed by atoms with Crippen molar-refractivity contribution < 1.29 is 0 Å². The quantitative estimate of drug-likeness (QED) is 0.113. The van der Waals surface area contributed by atoms with E-state index >= 15 is 0 Å². The molecule has 14 aromatic carbocycles. The van der Waals surface area contributed by atoms with Gasteiger partial charge in [0.25, 0.3) is 6.71 Å². The van der Waals surface area contributed by atoms with Crippen molar-refractivity contribution in [2.75, 3.05) is 19.6 Å². The first kappa shape index (κ1) is 67.7. The third kappa shape index (κ3) is 12.1. The van der Waals surface area contributed by atoms with E-state index in [0.29, 0.717) is 0 Å². The molecule has 2 aliphatic rings. The van der Waals surface area contributed by atoms with Crippen LogP contribution in [0.1, 0.15) is 105 Å². The predicted molar refractivity (Wildman–Crippen MR) is 459 cm³/mol. The van der Waals surface area contributed by atoms with Crippen LogP contribution in [0.3, 0.4) is 0 Å². The van der Waals surface area contributed by atoms with Crippen molar-refractivity contribution in [3.8, 4) is 44.5 Å². The maximum absolute atomic E-state index is 2.70. The van der Waals surface area contributed by atoms with Gasteiger partial charge in [-0.15, -0.1) is 11.3 Å². The molecule has 1 aromatic heterocycles. The Labute approximate surface area is 631 Å². The summed E-state index contributed by atoms with van der Waals surface area (Å²) in [5, 5.41) is 2.46. The van der Waals surface area contributed by atoms with Gasteiger partial charge in [0.15, 0.2) is 0 Å². The molecule has 0 fully saturated rings. The van der Waals surface area contributed by atoms with Crippen LogP contribution in [-0.4, -0.2) is 6.71 Å². The molecule has 6 heteroatoms. The Morgan fingerprint density at radius 2 is 0.670 bits per heavy atom. The summed E-state index contributed by atoms with van der Waals surface area (Å²) in [7, 11) is 0. The number of benzene rings is 14. The molecule has 0 amide bonds. The SMILES string of the molecule is CC(C)(C)c1ccc(N(c2ccc(C(C)(C)C)cc2)c2ccc3c(c2)N(c2c(-c4ccccc4)cccc2-c2ccccc2)c2cc(-c4ccccc4)cc4c2B3c2c(cc(N(c3ccc(C(C)(C)C)cc3)c3ccc(C(C)(C)C)cc3)c3c2sc2ccccc23)N4c2ccccc2-c2ccccc2)cc1. The lowest BCUT2D eigenvalue weighted by Crippen LogP contribution is -2.61. The highest BCUT2D eigenvalue weighted by molar-refractivity contribution is 7.28. The summed E-state index contributed by atoms with van der Waals surface area (Å²) in [4.78, 5) is 10.4. The van der Waals surface area contributed by atoms with Crippen LogP contribution in [0, 0.1) is 0 Å². The van der Waals surface area contributed by atoms with E-state index in [9.17, 15) is 0 Å². The lowest BCUT2D eigenvalue weighted by Gasteiger charge is -2.46. The van der Waals surface area contributed by atoms with Crippen LogP contribution in [0.4, 0.5) is 68.2 Å². The summed E-state index contributed by atoms with van der Waals surface area (Å²) in [5.41, 5.74) is 31.0. The summed E-state index contributed by atoms with van der Waals surface area (Å²) in [6.45, 7) is 27.4. The Balaban J connectivity index is 1.05. The van der Waals surface area contributed by atoms with Gasteiger partial charge in [0.2, 0.25) is 0 Å². The van der Waals surface area contributed by atoms with E-state index in [-0.39, 0.29) is 28.4 Å². The smallest absolute Gasteiger partial charge is 0.254 e. The molecule has 3 heterocycles. The van der Waals surface area contributed by atoms with Crippen molar-refractivity contribution in [3.05, 3.63) is 344 Å². The molecule has 17 rings (SSSR count). The summed E-state index contributed by atoms with van der Waals surface area (Å²) in [5.74, 6) is 0. The van der Waals surface area contributed by atoms with Crippen molar-refractivity contribution in [3.63, 3.8) is 0 Å². The van der Waals surface area contributed by atoms with E-state index in [1.54, 1.807) is 0 Å². The highest BCUT2D eigenvalue weighted by Gasteiger charge is 2.47. The van der Waals surface area contributed by atoms with Gasteiger partial charge in [-0.25, -0.2) is 0 Å². The number of para-hydroxylation sites is 2. The van der Waals surface area contributed by atoms with Gasteiger partial charge in [-0.2, -0.15) is 0 Å². The summed E-state index contributed by atoms with van der Waals surface area (Å²) >= 11 is 1.94. The molecule has 0 spiro atoms. The monoisotopic (exact) mass is 1390 g/mol. The van der Waals surface area contributed by atoms with Crippen molar-refractivity contribution >= 4 is 123 Å². The van der Waals surface area contributed by atoms with E-state index in [4.69, 9.17) is 0 Å². The Morgan fingerprint density at radius 1 is 0.283 bits per heavy atom. The van der Waals surface area contributed by atoms with Crippen molar-refractivity contribution in [1.82, 2.24) is 0 Å². The van der Waals surface area contributed by atoms with E-state index < -0.39 is 0 Å². The number of thiophene rings is 1. The van der Waals surface area contributed by atoms with Gasteiger partial charge in [-0.3, -0.25) is 0 Å². The molecule has 106 heavy (non-hydrogen) atoms. The molecule has 15 aromatic rings. The fourth-order valence-electron chi connectivity index (χ4n) is 16.3. The standard InChI is InChI=1S/C100H89BN4S/c1-97(2,3)71-44-52-75(53-45-71)102(76-54-46-72(47-55-76)98(4,5)6)79-60-61-84-86(64-79)105(95-81(68-34-21-15-22-35-68)40-29-41-82(95)69-36-23-16-24-37-69)89-63-70(66-30-17-13-18-31-66)62-88-93(89)101(84)94-90(104(88)85-42-27-25-38-80(85)67-32-19-14-20-33-67)65-87(92-83-39-26-28-43-91(83)106-96(92)94)103(77-56-48-73(49-57-77)99(7,8)9)78-58-50-74(51-59-78)100(10,11)12/h13-65H,1-12H3. The molecule has 0 bridgehead atoms. The Morgan fingerprint density at radius 3 is 1.15 bits per heavy atom. The zero-order chi connectivity index (χ0) is 73.0. The molecule has 0 atom stereocenters. The minimum Gasteiger partial charge on any atom is -0.311 e. The Hall–Kier alpha value is -11.4. The van der Waals surface area contributed by atoms with Gasteiger partial charge in [0.05, 0.1) is 17.1 Å². The van der Waals surface area contributed by atoms with Crippen LogP contribution in [0.25, 0.3) is 64.7 Å². The fourth-order valence-corrected chi connectivity index (χ4v) is 17.6. The average molecular weight is 1390 g/mol. The second-order valence-electron chi connectivity index (χ2n) is 32.9. The second-order valence-corrected chi connectivity index (χ2v) is 34.0. The molecule has 0 radical (unpaired) electrons. The first-order valence-electron chi connectivity index (χ1n) is 37.5. The lowest BCUT2D eigenvalue weighted by atomic mass is 9.33. The van der Waals surface area contributed by atoms with Crippen LogP contribution < -0.4 is 36.0 Å². The third-order valence-electron chi connectivity index (χ3n) is 21.9. The maximum atomic E-state index is 2.70. The largest absolute Gasteiger partial charge is 0.311 e. The minimum atomic E-state index is -0.296. The van der Waals surface area contributed by atoms with Crippen LogP contribution in [0.2, 0.25) is 0 Å². The molecule has 0 unspecified atom stereocenters. The normalized spacial score (nSPS) is 12.8. The summed E-state index contributed by atoms with van der Waals surface area (Å²) in [6, 6.07) is 122. The molecule has 2 aliphatic heterocycles. The first-order valence-corrected chi connectivity index (χ1v) is 38.3. The molecule has 0 saturated heterocycles. The van der Waals surface area contributed by atoms with Crippen LogP contribution >= 0.6 is 11.3 Å². The van der Waals surface area contributed by atoms with E-state index in [1.807, 2.05) is 11.3 Å². The van der Waals surface area contributed by atoms with E-state index in [0.717, 1.165) is 113 Å². The Bertz CT molecular complexity index is 5610. The number of hydrogen-bond acceptors (Lipinski definition) is 5. The molecule has 4 nitrogen and oxygen atoms in total. The van der Waals surface area contributed by atoms with Gasteiger partial charge < -0.3 is 19.6 Å². The second kappa shape index (κ2) is 26.3. The minimum absolute atomic E-state index is 0.0404. The number of rotatable bonds is 12. The van der Waals surface area contributed by atoms with Crippen molar-refractivity contribution in [1.29, 1.82) is 0 Å². The third-order valence-corrected chi connectivity index (χ3v) is 23.1. The zero-order valence-corrected chi connectivity index (χ0v) is 63.7. The highest BCUT2D eigenvalue weighted by atomic mass is 32.1.